The normalized spacial score (nSPS) is 17.3. The van der Waals surface area contributed by atoms with Gasteiger partial charge < -0.3 is 44.0 Å². The van der Waals surface area contributed by atoms with Gasteiger partial charge in [-0.15, -0.1) is 0 Å². The molecule has 13 heteroatoms. The van der Waals surface area contributed by atoms with Crippen molar-refractivity contribution < 1.29 is 38.1 Å². The molecule has 59 heavy (non-hydrogen) atoms. The van der Waals surface area contributed by atoms with Crippen LogP contribution in [0.2, 0.25) is 0 Å². The van der Waals surface area contributed by atoms with E-state index in [1.807, 2.05) is 53.6 Å². The highest BCUT2D eigenvalue weighted by Crippen LogP contribution is 2.45. The maximum atomic E-state index is 14.1. The number of nitrogens with zero attached hydrogens (tertiary/aromatic N) is 4. The molecule has 2 unspecified atom stereocenters. The summed E-state index contributed by atoms with van der Waals surface area (Å²) in [5, 5.41) is 0. The highest BCUT2D eigenvalue weighted by molar-refractivity contribution is 6.14. The highest BCUT2D eigenvalue weighted by Gasteiger charge is 2.37. The maximum absolute atomic E-state index is 14.1. The Hall–Kier alpha value is -6.60. The van der Waals surface area contributed by atoms with Crippen LogP contribution >= 0.6 is 0 Å². The fourth-order valence-electron chi connectivity index (χ4n) is 8.25. The van der Waals surface area contributed by atoms with Crippen molar-refractivity contribution in [2.45, 2.75) is 44.2 Å². The van der Waals surface area contributed by atoms with Gasteiger partial charge in [-0.05, 0) is 48.6 Å². The average molecular weight is 798 g/mol. The van der Waals surface area contributed by atoms with E-state index < -0.39 is 0 Å². The number of nitrogens with two attached hydrogens (primary N) is 1. The zero-order valence-electron chi connectivity index (χ0n) is 33.4. The van der Waals surface area contributed by atoms with Gasteiger partial charge in [-0.25, -0.2) is 0 Å². The molecule has 304 valence electrons. The topological polar surface area (TPSA) is 145 Å². The molecule has 4 aromatic rings. The van der Waals surface area contributed by atoms with E-state index in [4.69, 9.17) is 34.4 Å². The van der Waals surface area contributed by atoms with Crippen LogP contribution in [0.1, 0.15) is 52.0 Å². The number of amides is 2. The van der Waals surface area contributed by atoms with Gasteiger partial charge in [-0.3, -0.25) is 19.5 Å². The molecule has 8 rings (SSSR count). The minimum absolute atomic E-state index is 0.0167. The number of carbonyl (C=O) groups is 3. The molecule has 0 saturated carbocycles. The predicted molar refractivity (Wildman–Crippen MR) is 227 cm³/mol. The number of allylic oxidation sites excluding steroid dienone is 2. The number of benzene rings is 4. The number of nitrogen functional groups attached to an aromatic ring is 1. The molecule has 4 aromatic carbocycles. The lowest BCUT2D eigenvalue weighted by molar-refractivity contribution is -0.107. The summed E-state index contributed by atoms with van der Waals surface area (Å²) in [4.78, 5) is 49.7. The fraction of sp³-hybridized carbons (Fsp3) is 0.304. The maximum Gasteiger partial charge on any atom is 0.261 e. The van der Waals surface area contributed by atoms with Crippen molar-refractivity contribution in [3.05, 3.63) is 107 Å². The van der Waals surface area contributed by atoms with Crippen LogP contribution in [0.3, 0.4) is 0 Å². The lowest BCUT2D eigenvalue weighted by atomic mass is 9.99. The number of carbonyl (C=O) groups excluding carboxylic acids is 3. The van der Waals surface area contributed by atoms with E-state index in [0.717, 1.165) is 36.1 Å². The van der Waals surface area contributed by atoms with Crippen molar-refractivity contribution in [3.8, 4) is 34.5 Å². The predicted octanol–water partition coefficient (Wildman–Crippen LogP) is 7.69. The molecule has 0 spiro atoms. The van der Waals surface area contributed by atoms with Gasteiger partial charge in [0.25, 0.3) is 11.8 Å². The Morgan fingerprint density at radius 3 is 2.47 bits per heavy atom. The number of methoxy groups -OCH3 is 3. The van der Waals surface area contributed by atoms with Gasteiger partial charge in [0.2, 0.25) is 0 Å². The second-order valence-electron chi connectivity index (χ2n) is 14.8. The number of aldehydes is 1. The first-order valence-electron chi connectivity index (χ1n) is 19.8. The number of hydrogen-bond donors (Lipinski definition) is 1. The average Bonchev–Trinajstić information content (AvgIpc) is 3.82. The van der Waals surface area contributed by atoms with Crippen molar-refractivity contribution in [3.63, 3.8) is 0 Å². The van der Waals surface area contributed by atoms with Crippen LogP contribution in [0.25, 0.3) is 0 Å². The largest absolute Gasteiger partial charge is 0.493 e. The van der Waals surface area contributed by atoms with E-state index in [2.05, 4.69) is 17.1 Å². The number of para-hydroxylation sites is 1. The van der Waals surface area contributed by atoms with Crippen LogP contribution in [0.5, 0.6) is 34.5 Å². The smallest absolute Gasteiger partial charge is 0.261 e. The molecule has 1 saturated heterocycles. The Balaban J connectivity index is 1.13. The monoisotopic (exact) mass is 797 g/mol. The third-order valence-electron chi connectivity index (χ3n) is 11.2. The van der Waals surface area contributed by atoms with Crippen LogP contribution in [-0.2, 0) is 16.0 Å². The minimum atomic E-state index is -0.214. The minimum Gasteiger partial charge on any atom is -0.493 e. The number of ether oxygens (including phenoxy) is 5. The SMILES string of the molecule is COCCN(CCCC=O)c1cc(Oc2cc(N)c(C(=O)N3CCC4=CC=CCC43)cc2OC)cc(Oc2cc3c(cc2OC)C(=O)N2c4ccccc4CC2C=N3)c1. The number of hydrogen-bond acceptors (Lipinski definition) is 11. The van der Waals surface area contributed by atoms with Gasteiger partial charge in [0.05, 0.1) is 49.7 Å². The zero-order chi connectivity index (χ0) is 41.0. The molecule has 2 atom stereocenters. The second-order valence-corrected chi connectivity index (χ2v) is 14.8. The number of anilines is 3. The van der Waals surface area contributed by atoms with E-state index in [9.17, 15) is 14.4 Å². The first-order chi connectivity index (χ1) is 28.8. The van der Waals surface area contributed by atoms with E-state index in [-0.39, 0.29) is 29.6 Å². The van der Waals surface area contributed by atoms with Gasteiger partial charge in [0, 0.05) is 93.2 Å². The van der Waals surface area contributed by atoms with Crippen LogP contribution in [0, 0.1) is 0 Å². The summed E-state index contributed by atoms with van der Waals surface area (Å²) < 4.78 is 30.1. The van der Waals surface area contributed by atoms with Crippen molar-refractivity contribution in [2.24, 2.45) is 4.99 Å². The summed E-state index contributed by atoms with van der Waals surface area (Å²) in [6, 6.07) is 19.7. The molecule has 3 aliphatic heterocycles. The number of rotatable bonds is 15. The Morgan fingerprint density at radius 2 is 1.71 bits per heavy atom. The number of fused-ring (bicyclic) bond motifs is 5. The molecule has 1 fully saturated rings. The van der Waals surface area contributed by atoms with Crippen molar-refractivity contribution in [2.75, 3.05) is 63.1 Å². The summed E-state index contributed by atoms with van der Waals surface area (Å²) in [6.45, 7) is 2.13. The first-order valence-corrected chi connectivity index (χ1v) is 19.8. The summed E-state index contributed by atoms with van der Waals surface area (Å²) in [5.74, 6) is 1.75. The zero-order valence-corrected chi connectivity index (χ0v) is 33.4. The molecule has 1 aliphatic carbocycles. The number of unbranched alkanes of at least 4 members (excludes halogenated alkanes) is 1. The fourth-order valence-corrected chi connectivity index (χ4v) is 8.25. The standard InChI is InChI=1S/C46H47N5O8/c1-55-19-17-49(15-8-9-18-52)31-21-33(58-43-26-37(47)35(24-41(43)56-2)45(53)50-16-14-29-10-4-6-12-39(29)50)23-34(22-31)59-44-27-38-36(25-42(44)57-3)46(54)51-32(28-48-38)20-30-11-5-7-13-40(30)51/h4-7,10-11,13,18,21-28,32,39H,8-9,12,14-17,19-20,47H2,1-3H3. The van der Waals surface area contributed by atoms with E-state index >= 15 is 0 Å². The quantitative estimate of drug-likeness (QED) is 0.0722. The number of likely N-dealkylation sites (tertiary alicyclic amines) is 1. The molecular weight excluding hydrogens is 751 g/mol. The Labute approximate surface area is 343 Å². The van der Waals surface area contributed by atoms with E-state index in [1.165, 1.54) is 19.8 Å². The molecule has 4 aliphatic rings. The number of aliphatic imine (C=N–C) groups is 1. The van der Waals surface area contributed by atoms with Gasteiger partial charge in [0.15, 0.2) is 23.0 Å². The van der Waals surface area contributed by atoms with Crippen LogP contribution in [-0.4, -0.2) is 88.9 Å². The van der Waals surface area contributed by atoms with Crippen molar-refractivity contribution in [1.29, 1.82) is 0 Å². The summed E-state index contributed by atoms with van der Waals surface area (Å²) in [7, 11) is 4.67. The highest BCUT2D eigenvalue weighted by atomic mass is 16.5. The molecule has 3 heterocycles. The summed E-state index contributed by atoms with van der Waals surface area (Å²) in [6.07, 6.45) is 12.2. The van der Waals surface area contributed by atoms with Crippen LogP contribution < -0.4 is 34.5 Å². The molecule has 2 amide bonds. The second kappa shape index (κ2) is 17.1. The summed E-state index contributed by atoms with van der Waals surface area (Å²) in [5.41, 5.74) is 12.0. The van der Waals surface area contributed by atoms with Gasteiger partial charge in [0.1, 0.15) is 17.8 Å². The summed E-state index contributed by atoms with van der Waals surface area (Å²) >= 11 is 0. The first kappa shape index (κ1) is 39.2. The third-order valence-corrected chi connectivity index (χ3v) is 11.2. The molecule has 0 bridgehead atoms. The molecule has 2 N–H and O–H groups in total. The third kappa shape index (κ3) is 7.85. The Morgan fingerprint density at radius 1 is 0.949 bits per heavy atom. The van der Waals surface area contributed by atoms with Gasteiger partial charge >= 0.3 is 0 Å². The lowest BCUT2D eigenvalue weighted by Gasteiger charge is -2.27. The van der Waals surface area contributed by atoms with Gasteiger partial charge in [-0.2, -0.15) is 0 Å². The van der Waals surface area contributed by atoms with Crippen molar-refractivity contribution in [1.82, 2.24) is 4.90 Å². The van der Waals surface area contributed by atoms with Gasteiger partial charge in [-0.1, -0.05) is 36.4 Å². The lowest BCUT2D eigenvalue weighted by Crippen LogP contribution is -2.37. The van der Waals surface area contributed by atoms with Crippen LogP contribution in [0.4, 0.5) is 22.7 Å². The molecule has 0 radical (unpaired) electrons. The van der Waals surface area contributed by atoms with Crippen LogP contribution in [0.15, 0.2) is 95.5 Å². The molecule has 0 aromatic heterocycles. The molecule has 13 nitrogen and oxygen atoms in total. The van der Waals surface area contributed by atoms with Crippen molar-refractivity contribution >= 4 is 47.1 Å². The van der Waals surface area contributed by atoms with E-state index in [1.54, 1.807) is 42.3 Å². The Kier molecular flexibility index (Phi) is 11.4. The molecular formula is C46H47N5O8. The Bertz CT molecular complexity index is 2370. The van der Waals surface area contributed by atoms with E-state index in [0.29, 0.717) is 96.8 Å².